The van der Waals surface area contributed by atoms with E-state index in [1.165, 1.54) is 17.8 Å². The van der Waals surface area contributed by atoms with Crippen LogP contribution in [0.4, 0.5) is 18.9 Å². The van der Waals surface area contributed by atoms with E-state index in [1.54, 1.807) is 12.1 Å². The molecule has 3 heterocycles. The SMILES string of the molecule is O[C@H]1[C@H](NCc2ccc(OC(F)(F)F)cc2)[C@@H]2CO[C@H](O2)[C@H]1N1CCN(c2ccccc2)CC1. The van der Waals surface area contributed by atoms with Crippen LogP contribution >= 0.6 is 0 Å². The van der Waals surface area contributed by atoms with Crippen molar-refractivity contribution in [1.82, 2.24) is 10.2 Å². The van der Waals surface area contributed by atoms with Crippen molar-refractivity contribution in [2.24, 2.45) is 0 Å². The minimum absolute atomic E-state index is 0.265. The number of hydrogen-bond donors (Lipinski definition) is 2. The topological polar surface area (TPSA) is 66.4 Å². The normalized spacial score (nSPS) is 29.9. The molecule has 3 saturated heterocycles. The maximum absolute atomic E-state index is 12.4. The van der Waals surface area contributed by atoms with Gasteiger partial charge in [0.1, 0.15) is 11.9 Å². The van der Waals surface area contributed by atoms with Crippen LogP contribution < -0.4 is 15.0 Å². The van der Waals surface area contributed by atoms with Crippen LogP contribution in [0.15, 0.2) is 54.6 Å². The van der Waals surface area contributed by atoms with Gasteiger partial charge in [0, 0.05) is 38.4 Å². The molecule has 0 unspecified atom stereocenters. The van der Waals surface area contributed by atoms with Crippen LogP contribution in [0.2, 0.25) is 0 Å². The number of anilines is 1. The number of aliphatic hydroxyl groups excluding tert-OH is 1. The van der Waals surface area contributed by atoms with Crippen LogP contribution in [0, 0.1) is 0 Å². The number of hydrogen-bond acceptors (Lipinski definition) is 7. The van der Waals surface area contributed by atoms with E-state index in [4.69, 9.17) is 9.47 Å². The second kappa shape index (κ2) is 9.71. The molecule has 3 aliphatic rings. The largest absolute Gasteiger partial charge is 0.573 e. The Morgan fingerprint density at radius 1 is 1.00 bits per heavy atom. The van der Waals surface area contributed by atoms with Gasteiger partial charge in [-0.2, -0.15) is 0 Å². The zero-order valence-electron chi connectivity index (χ0n) is 18.5. The third-order valence-electron chi connectivity index (χ3n) is 6.69. The number of halogens is 3. The van der Waals surface area contributed by atoms with E-state index in [9.17, 15) is 18.3 Å². The van der Waals surface area contributed by atoms with Gasteiger partial charge in [-0.15, -0.1) is 13.2 Å². The van der Waals surface area contributed by atoms with Gasteiger partial charge in [0.15, 0.2) is 6.29 Å². The fourth-order valence-electron chi connectivity index (χ4n) is 5.00. The molecule has 184 valence electrons. The summed E-state index contributed by atoms with van der Waals surface area (Å²) >= 11 is 0. The first kappa shape index (κ1) is 23.4. The Morgan fingerprint density at radius 2 is 1.71 bits per heavy atom. The highest BCUT2D eigenvalue weighted by Crippen LogP contribution is 2.32. The molecule has 0 radical (unpaired) electrons. The Bertz CT molecular complexity index is 939. The first-order valence-electron chi connectivity index (χ1n) is 11.4. The molecule has 5 rings (SSSR count). The van der Waals surface area contributed by atoms with Crippen LogP contribution in [0.3, 0.4) is 0 Å². The Morgan fingerprint density at radius 3 is 2.38 bits per heavy atom. The highest BCUT2D eigenvalue weighted by atomic mass is 19.4. The summed E-state index contributed by atoms with van der Waals surface area (Å²) in [7, 11) is 0. The fraction of sp³-hybridized carbons (Fsp3) is 0.500. The maximum atomic E-state index is 12.4. The average Bonchev–Trinajstić information content (AvgIpc) is 3.25. The highest BCUT2D eigenvalue weighted by Gasteiger charge is 2.52. The number of benzene rings is 2. The second-order valence-electron chi connectivity index (χ2n) is 8.81. The van der Waals surface area contributed by atoms with Crippen molar-refractivity contribution >= 4 is 5.69 Å². The molecule has 7 nitrogen and oxygen atoms in total. The van der Waals surface area contributed by atoms with Gasteiger partial charge in [-0.25, -0.2) is 0 Å². The van der Waals surface area contributed by atoms with E-state index >= 15 is 0 Å². The number of nitrogens with one attached hydrogen (secondary N) is 1. The third-order valence-corrected chi connectivity index (χ3v) is 6.69. The van der Waals surface area contributed by atoms with E-state index in [0.717, 1.165) is 31.7 Å². The molecule has 34 heavy (non-hydrogen) atoms. The van der Waals surface area contributed by atoms with Gasteiger partial charge in [0.05, 0.1) is 24.8 Å². The molecule has 0 aromatic heterocycles. The zero-order valence-corrected chi connectivity index (χ0v) is 18.5. The van der Waals surface area contributed by atoms with Gasteiger partial charge in [0.2, 0.25) is 0 Å². The molecular weight excluding hydrogens is 451 g/mol. The molecule has 0 saturated carbocycles. The molecule has 10 heteroatoms. The zero-order chi connectivity index (χ0) is 23.7. The van der Waals surface area contributed by atoms with Crippen molar-refractivity contribution < 1.29 is 32.5 Å². The van der Waals surface area contributed by atoms with Gasteiger partial charge in [-0.3, -0.25) is 4.90 Å². The summed E-state index contributed by atoms with van der Waals surface area (Å²) < 4.78 is 53.0. The minimum Gasteiger partial charge on any atom is -0.406 e. The van der Waals surface area contributed by atoms with Crippen LogP contribution in [-0.2, 0) is 16.0 Å². The monoisotopic (exact) mass is 479 g/mol. The lowest BCUT2D eigenvalue weighted by molar-refractivity contribution is -0.274. The summed E-state index contributed by atoms with van der Waals surface area (Å²) in [5.74, 6) is -0.265. The summed E-state index contributed by atoms with van der Waals surface area (Å²) in [5.41, 5.74) is 1.96. The predicted molar refractivity (Wildman–Crippen MR) is 118 cm³/mol. The lowest BCUT2D eigenvalue weighted by atomic mass is 9.94. The van der Waals surface area contributed by atoms with Crippen LogP contribution in [0.5, 0.6) is 5.75 Å². The number of piperazine rings is 1. The Kier molecular flexibility index (Phi) is 6.67. The fourth-order valence-corrected chi connectivity index (χ4v) is 5.00. The molecular formula is C24H28F3N3O4. The van der Waals surface area contributed by atoms with Crippen molar-refractivity contribution in [1.29, 1.82) is 0 Å². The lowest BCUT2D eigenvalue weighted by Crippen LogP contribution is -2.66. The van der Waals surface area contributed by atoms with Crippen molar-refractivity contribution in [3.8, 4) is 5.75 Å². The number of para-hydroxylation sites is 1. The van der Waals surface area contributed by atoms with Crippen molar-refractivity contribution in [2.75, 3.05) is 37.7 Å². The third kappa shape index (κ3) is 5.16. The molecule has 2 aromatic carbocycles. The van der Waals surface area contributed by atoms with Crippen LogP contribution in [-0.4, -0.2) is 79.7 Å². The molecule has 0 aliphatic carbocycles. The first-order valence-corrected chi connectivity index (χ1v) is 11.4. The number of rotatable bonds is 6. The van der Waals surface area contributed by atoms with Gasteiger partial charge in [-0.05, 0) is 29.8 Å². The van der Waals surface area contributed by atoms with Crippen LogP contribution in [0.1, 0.15) is 5.56 Å². The summed E-state index contributed by atoms with van der Waals surface area (Å²) in [4.78, 5) is 4.56. The van der Waals surface area contributed by atoms with E-state index in [1.807, 2.05) is 18.2 Å². The molecule has 2 N–H and O–H groups in total. The summed E-state index contributed by atoms with van der Waals surface area (Å²) in [6, 6.07) is 15.3. The first-order chi connectivity index (χ1) is 16.4. The van der Waals surface area contributed by atoms with E-state index < -0.39 is 18.8 Å². The van der Waals surface area contributed by atoms with Gasteiger partial charge < -0.3 is 29.5 Å². The number of alkyl halides is 3. The summed E-state index contributed by atoms with van der Waals surface area (Å²) in [6.07, 6.45) is -6.18. The number of fused-ring (bicyclic) bond motifs is 2. The highest BCUT2D eigenvalue weighted by molar-refractivity contribution is 5.46. The van der Waals surface area contributed by atoms with Crippen LogP contribution in [0.25, 0.3) is 0 Å². The van der Waals surface area contributed by atoms with Crippen molar-refractivity contribution in [3.63, 3.8) is 0 Å². The summed E-state index contributed by atoms with van der Waals surface area (Å²) in [6.45, 7) is 3.99. The Labute approximate surface area is 196 Å². The lowest BCUT2D eigenvalue weighted by Gasteiger charge is -2.47. The predicted octanol–water partition coefficient (Wildman–Crippen LogP) is 2.35. The quantitative estimate of drug-likeness (QED) is 0.660. The van der Waals surface area contributed by atoms with E-state index in [2.05, 4.69) is 32.0 Å². The Balaban J connectivity index is 1.19. The number of ether oxygens (including phenoxy) is 3. The average molecular weight is 479 g/mol. The van der Waals surface area contributed by atoms with Crippen molar-refractivity contribution in [2.45, 2.75) is 43.5 Å². The molecule has 3 aliphatic heterocycles. The smallest absolute Gasteiger partial charge is 0.406 e. The molecule has 5 atom stereocenters. The molecule has 2 bridgehead atoms. The molecule has 3 fully saturated rings. The Hall–Kier alpha value is -2.37. The molecule has 0 spiro atoms. The van der Waals surface area contributed by atoms with Gasteiger partial charge >= 0.3 is 6.36 Å². The van der Waals surface area contributed by atoms with E-state index in [0.29, 0.717) is 13.2 Å². The molecule has 0 amide bonds. The van der Waals surface area contributed by atoms with E-state index in [-0.39, 0.29) is 23.9 Å². The standard InChI is InChI=1S/C24H28F3N3O4/c25-24(26,27)34-18-8-6-16(7-9-18)14-28-20-19-15-32-23(33-19)21(22(20)31)30-12-10-29(11-13-30)17-4-2-1-3-5-17/h1-9,19-23,28,31H,10-15H2/t19-,20+,21-,22-,23+/m0/s1. The maximum Gasteiger partial charge on any atom is 0.573 e. The molecule has 2 aromatic rings. The number of nitrogens with zero attached hydrogens (tertiary/aromatic N) is 2. The van der Waals surface area contributed by atoms with Crippen molar-refractivity contribution in [3.05, 3.63) is 60.2 Å². The summed E-state index contributed by atoms with van der Waals surface area (Å²) in [5, 5.41) is 14.6. The second-order valence-corrected chi connectivity index (χ2v) is 8.81. The van der Waals surface area contributed by atoms with Gasteiger partial charge in [0.25, 0.3) is 0 Å². The minimum atomic E-state index is -4.72. The number of aliphatic hydroxyl groups is 1. The van der Waals surface area contributed by atoms with Gasteiger partial charge in [-0.1, -0.05) is 30.3 Å².